The molecule has 0 spiro atoms. The van der Waals surface area contributed by atoms with Crippen molar-refractivity contribution < 1.29 is 23.9 Å². The molecule has 242 valence electrons. The van der Waals surface area contributed by atoms with Gasteiger partial charge in [0, 0.05) is 18.7 Å². The molecule has 0 radical (unpaired) electrons. The van der Waals surface area contributed by atoms with Crippen molar-refractivity contribution in [1.82, 2.24) is 20.2 Å². The molecule has 0 aliphatic carbocycles. The Kier molecular flexibility index (Phi) is 11.3. The maximum absolute atomic E-state index is 13.5. The van der Waals surface area contributed by atoms with Crippen molar-refractivity contribution >= 4 is 23.7 Å². The van der Waals surface area contributed by atoms with Crippen LogP contribution in [-0.2, 0) is 32.2 Å². The third kappa shape index (κ3) is 10.3. The van der Waals surface area contributed by atoms with Crippen LogP contribution in [0.1, 0.15) is 57.2 Å². The minimum Gasteiger partial charge on any atom is -0.444 e. The van der Waals surface area contributed by atoms with Gasteiger partial charge in [0.05, 0.1) is 19.5 Å². The number of rotatable bonds is 13. The number of hydrogen-bond donors (Lipinski definition) is 3. The highest BCUT2D eigenvalue weighted by Gasteiger charge is 2.34. The van der Waals surface area contributed by atoms with E-state index in [2.05, 4.69) is 45.2 Å². The predicted molar refractivity (Wildman–Crippen MR) is 177 cm³/mol. The highest BCUT2D eigenvalue weighted by atomic mass is 16.6. The molecule has 1 atom stereocenters. The Labute approximate surface area is 270 Å². The molecule has 0 bridgehead atoms. The van der Waals surface area contributed by atoms with Gasteiger partial charge < -0.3 is 30.0 Å². The van der Waals surface area contributed by atoms with Crippen LogP contribution in [-0.4, -0.2) is 51.2 Å². The number of nitrogens with zero attached hydrogens (tertiary/aromatic N) is 2. The summed E-state index contributed by atoms with van der Waals surface area (Å²) in [5, 5.41) is 8.12. The van der Waals surface area contributed by atoms with Gasteiger partial charge >= 0.3 is 6.09 Å². The summed E-state index contributed by atoms with van der Waals surface area (Å²) < 4.78 is 13.1. The number of aromatic nitrogens is 2. The fourth-order valence-corrected chi connectivity index (χ4v) is 4.73. The number of imidazole rings is 1. The number of anilines is 1. The van der Waals surface area contributed by atoms with Gasteiger partial charge in [0.15, 0.2) is 5.82 Å². The molecule has 10 nitrogen and oxygen atoms in total. The van der Waals surface area contributed by atoms with E-state index in [0.29, 0.717) is 12.4 Å². The molecule has 46 heavy (non-hydrogen) atoms. The predicted octanol–water partition coefficient (Wildman–Crippen LogP) is 5.66. The van der Waals surface area contributed by atoms with Crippen molar-refractivity contribution in [2.45, 2.75) is 70.9 Å². The fraction of sp³-hybridized carbons (Fsp3) is 0.333. The van der Waals surface area contributed by atoms with Crippen LogP contribution in [0, 0.1) is 0 Å². The summed E-state index contributed by atoms with van der Waals surface area (Å²) in [6.07, 6.45) is 2.68. The lowest BCUT2D eigenvalue weighted by molar-refractivity contribution is -0.131. The first-order chi connectivity index (χ1) is 21.9. The molecule has 0 aliphatic heterocycles. The van der Waals surface area contributed by atoms with Crippen LogP contribution in [0.15, 0.2) is 104 Å². The molecular formula is C36H43N5O5. The van der Waals surface area contributed by atoms with E-state index in [1.165, 1.54) is 13.8 Å². The van der Waals surface area contributed by atoms with Crippen LogP contribution in [0.2, 0.25) is 0 Å². The van der Waals surface area contributed by atoms with Crippen LogP contribution in [0.4, 0.5) is 10.6 Å². The minimum atomic E-state index is -1.38. The Morgan fingerprint density at radius 1 is 0.826 bits per heavy atom. The van der Waals surface area contributed by atoms with Gasteiger partial charge in [-0.25, -0.2) is 9.78 Å². The molecular weight excluding hydrogens is 582 g/mol. The van der Waals surface area contributed by atoms with Gasteiger partial charge in [0.2, 0.25) is 5.91 Å². The molecule has 4 aromatic rings. The van der Waals surface area contributed by atoms with Crippen molar-refractivity contribution in [3.63, 3.8) is 0 Å². The number of nitrogens with one attached hydrogen (secondary N) is 3. The highest BCUT2D eigenvalue weighted by Crippen LogP contribution is 2.26. The largest absolute Gasteiger partial charge is 0.444 e. The maximum Gasteiger partial charge on any atom is 0.408 e. The molecule has 1 unspecified atom stereocenters. The summed E-state index contributed by atoms with van der Waals surface area (Å²) in [4.78, 5) is 43.7. The summed E-state index contributed by atoms with van der Waals surface area (Å²) in [6.45, 7) is 8.99. The topological polar surface area (TPSA) is 124 Å². The number of carbonyl (C=O) groups excluding carboxylic acids is 3. The molecule has 0 aliphatic rings. The lowest BCUT2D eigenvalue weighted by atomic mass is 9.91. The SMILES string of the molecule is CC(C)(C)OC(=O)NC(C)(C)C(=O)NC(COCc1ccccc1)C(=O)Nc1cn(CC(c2ccccc2)c2ccccc2)cn1. The zero-order valence-electron chi connectivity index (χ0n) is 27.0. The number of ether oxygens (including phenoxy) is 2. The van der Waals surface area contributed by atoms with Crippen LogP contribution < -0.4 is 16.0 Å². The van der Waals surface area contributed by atoms with E-state index in [4.69, 9.17) is 9.47 Å². The maximum atomic E-state index is 13.5. The van der Waals surface area contributed by atoms with Crippen molar-refractivity contribution in [1.29, 1.82) is 0 Å². The molecule has 0 saturated heterocycles. The average Bonchev–Trinajstić information content (AvgIpc) is 3.46. The standard InChI is InChI=1S/C36H43N5O5/c1-35(2,3)46-34(44)40-36(4,5)33(43)38-30(24-45-23-26-15-9-6-10-16-26)32(42)39-31-22-41(25-37-31)21-29(27-17-11-7-12-18-27)28-19-13-8-14-20-28/h6-20,22,25,29-30H,21,23-24H2,1-5H3,(H,38,43)(H,39,42)(H,40,44). The molecule has 0 fully saturated rings. The molecule has 0 saturated carbocycles. The van der Waals surface area contributed by atoms with Gasteiger partial charge in [0.1, 0.15) is 17.2 Å². The van der Waals surface area contributed by atoms with Crippen LogP contribution in [0.5, 0.6) is 0 Å². The third-order valence-corrected chi connectivity index (χ3v) is 7.08. The molecule has 3 aromatic carbocycles. The second kappa shape index (κ2) is 15.4. The summed E-state index contributed by atoms with van der Waals surface area (Å²) in [7, 11) is 0. The van der Waals surface area contributed by atoms with E-state index in [9.17, 15) is 14.4 Å². The quantitative estimate of drug-likeness (QED) is 0.176. The second-order valence-electron chi connectivity index (χ2n) is 12.6. The van der Waals surface area contributed by atoms with Gasteiger partial charge in [-0.15, -0.1) is 0 Å². The molecule has 3 amide bonds. The number of alkyl carbamates (subject to hydrolysis) is 1. The monoisotopic (exact) mass is 625 g/mol. The zero-order valence-corrected chi connectivity index (χ0v) is 27.0. The first kappa shape index (κ1) is 33.9. The average molecular weight is 626 g/mol. The second-order valence-corrected chi connectivity index (χ2v) is 12.6. The summed E-state index contributed by atoms with van der Waals surface area (Å²) in [5.74, 6) is -0.695. The Balaban J connectivity index is 1.46. The van der Waals surface area contributed by atoms with Gasteiger partial charge in [-0.2, -0.15) is 0 Å². The fourth-order valence-electron chi connectivity index (χ4n) is 4.73. The van der Waals surface area contributed by atoms with E-state index in [1.807, 2.05) is 71.3 Å². The van der Waals surface area contributed by atoms with Crippen molar-refractivity contribution in [2.75, 3.05) is 11.9 Å². The van der Waals surface area contributed by atoms with Crippen LogP contribution in [0.3, 0.4) is 0 Å². The third-order valence-electron chi connectivity index (χ3n) is 7.08. The molecule has 3 N–H and O–H groups in total. The first-order valence-corrected chi connectivity index (χ1v) is 15.3. The Bertz CT molecular complexity index is 1530. The Morgan fingerprint density at radius 3 is 1.96 bits per heavy atom. The van der Waals surface area contributed by atoms with Gasteiger partial charge in [-0.1, -0.05) is 91.0 Å². The van der Waals surface area contributed by atoms with E-state index < -0.39 is 35.1 Å². The zero-order chi connectivity index (χ0) is 33.2. The van der Waals surface area contributed by atoms with Gasteiger partial charge in [0.25, 0.3) is 5.91 Å². The Hall–Kier alpha value is -4.96. The molecule has 4 rings (SSSR count). The molecule has 1 heterocycles. The summed E-state index contributed by atoms with van der Waals surface area (Å²) >= 11 is 0. The number of hydrogen-bond acceptors (Lipinski definition) is 6. The minimum absolute atomic E-state index is 0.0679. The van der Waals surface area contributed by atoms with Crippen molar-refractivity contribution in [3.8, 4) is 0 Å². The lowest BCUT2D eigenvalue weighted by Crippen LogP contribution is -2.59. The van der Waals surface area contributed by atoms with E-state index in [1.54, 1.807) is 33.3 Å². The van der Waals surface area contributed by atoms with Crippen molar-refractivity contribution in [2.24, 2.45) is 0 Å². The summed E-state index contributed by atoms with van der Waals surface area (Å²) in [6, 6.07) is 28.9. The van der Waals surface area contributed by atoms with E-state index in [0.717, 1.165) is 16.7 Å². The normalized spacial score (nSPS) is 12.3. The Morgan fingerprint density at radius 2 is 1.39 bits per heavy atom. The van der Waals surface area contributed by atoms with E-state index in [-0.39, 0.29) is 19.1 Å². The smallest absolute Gasteiger partial charge is 0.408 e. The van der Waals surface area contributed by atoms with Crippen LogP contribution in [0.25, 0.3) is 0 Å². The van der Waals surface area contributed by atoms with Crippen LogP contribution >= 0.6 is 0 Å². The van der Waals surface area contributed by atoms with Gasteiger partial charge in [-0.05, 0) is 51.3 Å². The number of amides is 3. The van der Waals surface area contributed by atoms with Gasteiger partial charge in [-0.3, -0.25) is 9.59 Å². The van der Waals surface area contributed by atoms with Crippen molar-refractivity contribution in [3.05, 3.63) is 120 Å². The summed E-state index contributed by atoms with van der Waals surface area (Å²) in [5.41, 5.74) is 1.12. The first-order valence-electron chi connectivity index (χ1n) is 15.3. The molecule has 1 aromatic heterocycles. The number of carbonyl (C=O) groups is 3. The lowest BCUT2D eigenvalue weighted by Gasteiger charge is -2.29. The number of benzene rings is 3. The van der Waals surface area contributed by atoms with E-state index >= 15 is 0 Å². The highest BCUT2D eigenvalue weighted by molar-refractivity contribution is 5.98. The molecule has 10 heteroatoms.